The quantitative estimate of drug-likeness (QED) is 0.798. The summed E-state index contributed by atoms with van der Waals surface area (Å²) in [7, 11) is 0. The number of nitrogen functional groups attached to an aromatic ring is 1. The SMILES string of the molecule is CCCN(Cc1cccc(N)c1)Cc1cc(Cl)ccc1F. The number of anilines is 1. The largest absolute Gasteiger partial charge is 0.399 e. The second kappa shape index (κ2) is 7.43. The van der Waals surface area contributed by atoms with Crippen LogP contribution in [0.25, 0.3) is 0 Å². The monoisotopic (exact) mass is 306 g/mol. The lowest BCUT2D eigenvalue weighted by Gasteiger charge is -2.22. The molecule has 0 fully saturated rings. The molecule has 0 spiro atoms. The van der Waals surface area contributed by atoms with Gasteiger partial charge in [-0.25, -0.2) is 4.39 Å². The fourth-order valence-corrected chi connectivity index (χ4v) is 2.58. The number of benzene rings is 2. The Balaban J connectivity index is 2.13. The normalized spacial score (nSPS) is 11.0. The summed E-state index contributed by atoms with van der Waals surface area (Å²) >= 11 is 5.96. The summed E-state index contributed by atoms with van der Waals surface area (Å²) in [6.07, 6.45) is 1.00. The lowest BCUT2D eigenvalue weighted by atomic mass is 10.1. The average Bonchev–Trinajstić information content (AvgIpc) is 2.43. The zero-order valence-electron chi connectivity index (χ0n) is 12.2. The first-order valence-corrected chi connectivity index (χ1v) is 7.47. The summed E-state index contributed by atoms with van der Waals surface area (Å²) in [5.41, 5.74) is 8.31. The van der Waals surface area contributed by atoms with Gasteiger partial charge in [0.05, 0.1) is 0 Å². The van der Waals surface area contributed by atoms with E-state index in [0.717, 1.165) is 30.8 Å². The lowest BCUT2D eigenvalue weighted by Crippen LogP contribution is -2.24. The van der Waals surface area contributed by atoms with E-state index in [4.69, 9.17) is 17.3 Å². The van der Waals surface area contributed by atoms with Crippen LogP contribution in [0.2, 0.25) is 5.02 Å². The molecule has 112 valence electrons. The fraction of sp³-hybridized carbons (Fsp3) is 0.294. The van der Waals surface area contributed by atoms with Crippen molar-refractivity contribution < 1.29 is 4.39 Å². The maximum atomic E-state index is 13.9. The Kier molecular flexibility index (Phi) is 5.59. The molecule has 21 heavy (non-hydrogen) atoms. The van der Waals surface area contributed by atoms with Crippen LogP contribution in [0.5, 0.6) is 0 Å². The van der Waals surface area contributed by atoms with Gasteiger partial charge in [-0.2, -0.15) is 0 Å². The summed E-state index contributed by atoms with van der Waals surface area (Å²) in [6, 6.07) is 12.5. The molecular formula is C17H20ClFN2. The highest BCUT2D eigenvalue weighted by molar-refractivity contribution is 6.30. The molecule has 0 amide bonds. The number of rotatable bonds is 6. The minimum atomic E-state index is -0.215. The number of nitrogens with zero attached hydrogens (tertiary/aromatic N) is 1. The topological polar surface area (TPSA) is 29.3 Å². The zero-order chi connectivity index (χ0) is 15.2. The molecule has 0 aliphatic heterocycles. The Hall–Kier alpha value is -1.58. The molecule has 0 aliphatic carbocycles. The van der Waals surface area contributed by atoms with E-state index in [1.165, 1.54) is 6.07 Å². The van der Waals surface area contributed by atoms with Gasteiger partial charge < -0.3 is 5.73 Å². The van der Waals surface area contributed by atoms with Crippen molar-refractivity contribution in [1.29, 1.82) is 0 Å². The molecule has 0 aromatic heterocycles. The fourth-order valence-electron chi connectivity index (χ4n) is 2.39. The van der Waals surface area contributed by atoms with Crippen molar-refractivity contribution in [2.24, 2.45) is 0 Å². The Morgan fingerprint density at radius 1 is 1.14 bits per heavy atom. The second-order valence-electron chi connectivity index (χ2n) is 5.19. The third-order valence-corrected chi connectivity index (χ3v) is 3.53. The van der Waals surface area contributed by atoms with E-state index < -0.39 is 0 Å². The molecule has 0 bridgehead atoms. The molecule has 2 nitrogen and oxygen atoms in total. The molecule has 0 radical (unpaired) electrons. The van der Waals surface area contributed by atoms with Gasteiger partial charge in [-0.05, 0) is 48.9 Å². The standard InChI is InChI=1S/C17H20ClFN2/c1-2-8-21(11-13-4-3-5-16(20)9-13)12-14-10-15(18)6-7-17(14)19/h3-7,9-10H,2,8,11-12,20H2,1H3. The summed E-state index contributed by atoms with van der Waals surface area (Å²) in [4.78, 5) is 2.20. The van der Waals surface area contributed by atoms with E-state index >= 15 is 0 Å². The van der Waals surface area contributed by atoms with E-state index in [2.05, 4.69) is 11.8 Å². The van der Waals surface area contributed by atoms with Gasteiger partial charge in [0.2, 0.25) is 0 Å². The molecular weight excluding hydrogens is 287 g/mol. The number of nitrogens with two attached hydrogens (primary N) is 1. The average molecular weight is 307 g/mol. The van der Waals surface area contributed by atoms with Crippen molar-refractivity contribution >= 4 is 17.3 Å². The van der Waals surface area contributed by atoms with Crippen LogP contribution in [0.15, 0.2) is 42.5 Å². The predicted octanol–water partition coefficient (Wildman–Crippen LogP) is 4.47. The van der Waals surface area contributed by atoms with Gasteiger partial charge in [-0.3, -0.25) is 4.90 Å². The van der Waals surface area contributed by atoms with Crippen molar-refractivity contribution in [3.8, 4) is 0 Å². The molecule has 2 N–H and O–H groups in total. The van der Waals surface area contributed by atoms with Crippen LogP contribution < -0.4 is 5.73 Å². The molecule has 0 saturated carbocycles. The van der Waals surface area contributed by atoms with Crippen molar-refractivity contribution in [2.75, 3.05) is 12.3 Å². The smallest absolute Gasteiger partial charge is 0.127 e. The second-order valence-corrected chi connectivity index (χ2v) is 5.63. The molecule has 0 aliphatic rings. The highest BCUT2D eigenvalue weighted by atomic mass is 35.5. The maximum absolute atomic E-state index is 13.9. The highest BCUT2D eigenvalue weighted by Crippen LogP contribution is 2.18. The van der Waals surface area contributed by atoms with Crippen LogP contribution in [-0.4, -0.2) is 11.4 Å². The van der Waals surface area contributed by atoms with Crippen LogP contribution in [0, 0.1) is 5.82 Å². The van der Waals surface area contributed by atoms with Gasteiger partial charge in [0.25, 0.3) is 0 Å². The Morgan fingerprint density at radius 3 is 2.67 bits per heavy atom. The van der Waals surface area contributed by atoms with Crippen LogP contribution in [-0.2, 0) is 13.1 Å². The van der Waals surface area contributed by atoms with E-state index in [9.17, 15) is 4.39 Å². The minimum absolute atomic E-state index is 0.215. The molecule has 4 heteroatoms. The summed E-state index contributed by atoms with van der Waals surface area (Å²) < 4.78 is 13.9. The van der Waals surface area contributed by atoms with Crippen LogP contribution in [0.1, 0.15) is 24.5 Å². The Labute approximate surface area is 130 Å². The van der Waals surface area contributed by atoms with E-state index in [1.54, 1.807) is 12.1 Å². The van der Waals surface area contributed by atoms with Crippen molar-refractivity contribution in [3.05, 3.63) is 64.4 Å². The summed E-state index contributed by atoms with van der Waals surface area (Å²) in [6.45, 7) is 4.28. The van der Waals surface area contributed by atoms with Crippen LogP contribution in [0.3, 0.4) is 0 Å². The van der Waals surface area contributed by atoms with Crippen LogP contribution in [0.4, 0.5) is 10.1 Å². The summed E-state index contributed by atoms with van der Waals surface area (Å²) in [5.74, 6) is -0.215. The van der Waals surface area contributed by atoms with Gasteiger partial charge in [-0.15, -0.1) is 0 Å². The third kappa shape index (κ3) is 4.73. The molecule has 0 unspecified atom stereocenters. The molecule has 0 atom stereocenters. The first kappa shape index (κ1) is 15.8. The lowest BCUT2D eigenvalue weighted by molar-refractivity contribution is 0.253. The van der Waals surface area contributed by atoms with E-state index in [0.29, 0.717) is 17.1 Å². The molecule has 2 aromatic carbocycles. The molecule has 0 saturated heterocycles. The molecule has 0 heterocycles. The van der Waals surface area contributed by atoms with Gasteiger partial charge >= 0.3 is 0 Å². The molecule has 2 aromatic rings. The number of hydrogen-bond acceptors (Lipinski definition) is 2. The van der Waals surface area contributed by atoms with Gasteiger partial charge in [0, 0.05) is 29.4 Å². The maximum Gasteiger partial charge on any atom is 0.127 e. The van der Waals surface area contributed by atoms with Crippen LogP contribution >= 0.6 is 11.6 Å². The van der Waals surface area contributed by atoms with Crippen molar-refractivity contribution in [3.63, 3.8) is 0 Å². The molecule has 2 rings (SSSR count). The highest BCUT2D eigenvalue weighted by Gasteiger charge is 2.10. The van der Waals surface area contributed by atoms with Crippen molar-refractivity contribution in [2.45, 2.75) is 26.4 Å². The number of halogens is 2. The van der Waals surface area contributed by atoms with Gasteiger partial charge in [-0.1, -0.05) is 30.7 Å². The van der Waals surface area contributed by atoms with E-state index in [-0.39, 0.29) is 5.82 Å². The first-order chi connectivity index (χ1) is 10.1. The van der Waals surface area contributed by atoms with Gasteiger partial charge in [0.15, 0.2) is 0 Å². The Morgan fingerprint density at radius 2 is 1.95 bits per heavy atom. The Bertz CT molecular complexity index is 601. The number of hydrogen-bond donors (Lipinski definition) is 1. The summed E-state index contributed by atoms with van der Waals surface area (Å²) in [5, 5.41) is 0.562. The first-order valence-electron chi connectivity index (χ1n) is 7.09. The minimum Gasteiger partial charge on any atom is -0.399 e. The zero-order valence-corrected chi connectivity index (χ0v) is 12.9. The predicted molar refractivity (Wildman–Crippen MR) is 86.7 cm³/mol. The van der Waals surface area contributed by atoms with Gasteiger partial charge in [0.1, 0.15) is 5.82 Å². The van der Waals surface area contributed by atoms with Crippen molar-refractivity contribution in [1.82, 2.24) is 4.90 Å². The third-order valence-electron chi connectivity index (χ3n) is 3.30. The van der Waals surface area contributed by atoms with E-state index in [1.807, 2.05) is 24.3 Å².